The summed E-state index contributed by atoms with van der Waals surface area (Å²) in [6, 6.07) is 32.3. The molecule has 2 fully saturated rings. The third-order valence-electron chi connectivity index (χ3n) is 10.2. The van der Waals surface area contributed by atoms with Crippen molar-refractivity contribution in [2.24, 2.45) is 0 Å². The molecule has 1 atom stereocenters. The van der Waals surface area contributed by atoms with Crippen molar-refractivity contribution in [2.45, 2.75) is 58.1 Å². The van der Waals surface area contributed by atoms with Gasteiger partial charge in [0.25, 0.3) is 0 Å². The van der Waals surface area contributed by atoms with Gasteiger partial charge in [0.2, 0.25) is 0 Å². The lowest BCUT2D eigenvalue weighted by atomic mass is 9.98. The van der Waals surface area contributed by atoms with Crippen LogP contribution in [-0.4, -0.2) is 68.9 Å². The summed E-state index contributed by atoms with van der Waals surface area (Å²) in [5.74, 6) is 3.39. The van der Waals surface area contributed by atoms with Gasteiger partial charge in [-0.25, -0.2) is 0 Å². The Morgan fingerprint density at radius 2 is 1.48 bits per heavy atom. The van der Waals surface area contributed by atoms with E-state index in [4.69, 9.17) is 18.9 Å². The normalized spacial score (nSPS) is 15.8. The first-order valence-corrected chi connectivity index (χ1v) is 19.2. The first-order valence-electron chi connectivity index (χ1n) is 18.4. The molecule has 2 aliphatic heterocycles. The highest BCUT2D eigenvalue weighted by molar-refractivity contribution is 7.22. The van der Waals surface area contributed by atoms with E-state index in [9.17, 15) is 0 Å². The Labute approximate surface area is 301 Å². The number of hydrogen-bond donors (Lipinski definition) is 0. The summed E-state index contributed by atoms with van der Waals surface area (Å²) < 4.78 is 25.9. The van der Waals surface area contributed by atoms with E-state index in [0.29, 0.717) is 19.3 Å². The Bertz CT molecular complexity index is 1810. The minimum atomic E-state index is 0.435. The maximum absolute atomic E-state index is 6.39. The van der Waals surface area contributed by atoms with Gasteiger partial charge in [-0.05, 0) is 147 Å². The van der Waals surface area contributed by atoms with Crippen LogP contribution in [-0.2, 0) is 13.0 Å². The van der Waals surface area contributed by atoms with Gasteiger partial charge in [-0.15, -0.1) is 11.3 Å². The maximum atomic E-state index is 6.39. The predicted octanol–water partition coefficient (Wildman–Crippen LogP) is 9.47. The molecule has 4 aromatic carbocycles. The van der Waals surface area contributed by atoms with Crippen molar-refractivity contribution in [3.05, 3.63) is 108 Å². The van der Waals surface area contributed by atoms with Crippen LogP contribution in [0.2, 0.25) is 0 Å². The number of hydrogen-bond acceptors (Lipinski definition) is 7. The number of rotatable bonds is 16. The summed E-state index contributed by atoms with van der Waals surface area (Å²) in [6.45, 7) is 9.91. The molecule has 50 heavy (non-hydrogen) atoms. The van der Waals surface area contributed by atoms with Gasteiger partial charge < -0.3 is 18.9 Å². The zero-order chi connectivity index (χ0) is 34.1. The Kier molecular flexibility index (Phi) is 11.5. The number of fused-ring (bicyclic) bond motifs is 1. The van der Waals surface area contributed by atoms with Gasteiger partial charge in [0, 0.05) is 22.2 Å². The van der Waals surface area contributed by atoms with Crippen LogP contribution in [0.3, 0.4) is 0 Å². The van der Waals surface area contributed by atoms with Crippen molar-refractivity contribution in [3.63, 3.8) is 0 Å². The van der Waals surface area contributed by atoms with E-state index in [-0.39, 0.29) is 0 Å². The molecular weight excluding hydrogens is 641 g/mol. The number of ether oxygens (including phenoxy) is 4. The molecule has 3 heterocycles. The van der Waals surface area contributed by atoms with Crippen LogP contribution >= 0.6 is 11.3 Å². The Morgan fingerprint density at radius 3 is 2.24 bits per heavy atom. The van der Waals surface area contributed by atoms with Gasteiger partial charge in [0.1, 0.15) is 31.3 Å². The van der Waals surface area contributed by atoms with E-state index in [1.807, 2.05) is 29.5 Å². The van der Waals surface area contributed by atoms with E-state index in [2.05, 4.69) is 89.5 Å². The number of likely N-dealkylation sites (tertiary alicyclic amines) is 2. The van der Waals surface area contributed by atoms with Gasteiger partial charge in [0.05, 0.1) is 7.11 Å². The Hall–Kier alpha value is -4.04. The summed E-state index contributed by atoms with van der Waals surface area (Å²) in [5, 5.41) is 1.25. The quantitative estimate of drug-likeness (QED) is 0.103. The Morgan fingerprint density at radius 1 is 0.720 bits per heavy atom. The van der Waals surface area contributed by atoms with Crippen molar-refractivity contribution in [1.29, 1.82) is 0 Å². The smallest absolute Gasteiger partial charge is 0.161 e. The highest BCUT2D eigenvalue weighted by Gasteiger charge is 2.22. The Balaban J connectivity index is 1.12. The third kappa shape index (κ3) is 8.45. The average Bonchev–Trinajstić information content (AvgIpc) is 3.95. The molecular formula is C43H50N2O4S. The summed E-state index contributed by atoms with van der Waals surface area (Å²) in [4.78, 5) is 6.31. The first kappa shape index (κ1) is 34.4. The van der Waals surface area contributed by atoms with E-state index in [1.165, 1.54) is 83.5 Å². The molecule has 6 nitrogen and oxygen atoms in total. The molecule has 0 saturated carbocycles. The first-order chi connectivity index (χ1) is 24.7. The van der Waals surface area contributed by atoms with Crippen LogP contribution in [0.15, 0.2) is 91.0 Å². The maximum Gasteiger partial charge on any atom is 0.161 e. The SMILES string of the molecule is CCC(COc1ccc(Cc2c(-c3ccc(OCCN4CCCC4)cc3)sc3cc(OCc4ccccc4)ccc23)cc1OC)N1CCCC1. The highest BCUT2D eigenvalue weighted by atomic mass is 32.1. The lowest BCUT2D eigenvalue weighted by Crippen LogP contribution is -2.36. The fourth-order valence-corrected chi connectivity index (χ4v) is 8.55. The minimum absolute atomic E-state index is 0.435. The van der Waals surface area contributed by atoms with E-state index in [1.54, 1.807) is 7.11 Å². The van der Waals surface area contributed by atoms with Crippen molar-refractivity contribution in [2.75, 3.05) is 53.0 Å². The topological polar surface area (TPSA) is 43.4 Å². The van der Waals surface area contributed by atoms with Gasteiger partial charge in [-0.1, -0.05) is 43.3 Å². The van der Waals surface area contributed by atoms with Crippen molar-refractivity contribution < 1.29 is 18.9 Å². The standard InChI is InChI=1S/C43H50N2O4S/c1-3-35(45-23-9-10-24-45)31-49-40-20-13-33(28-41(40)46-2)27-39-38-19-18-37(48-30-32-11-5-4-6-12-32)29-42(38)50-43(39)34-14-16-36(17-15-34)47-26-25-44-21-7-8-22-44/h4-6,11-20,28-29,35H,3,7-10,21-27,30-31H2,1-2H3. The molecule has 262 valence electrons. The molecule has 2 saturated heterocycles. The van der Waals surface area contributed by atoms with Crippen LogP contribution in [0, 0.1) is 0 Å². The molecule has 0 radical (unpaired) electrons. The van der Waals surface area contributed by atoms with Crippen LogP contribution < -0.4 is 18.9 Å². The van der Waals surface area contributed by atoms with Gasteiger partial charge in [0.15, 0.2) is 11.5 Å². The summed E-state index contributed by atoms with van der Waals surface area (Å²) >= 11 is 1.82. The fourth-order valence-electron chi connectivity index (χ4n) is 7.29. The summed E-state index contributed by atoms with van der Waals surface area (Å²) in [5.41, 5.74) is 4.84. The van der Waals surface area contributed by atoms with Gasteiger partial charge in [-0.3, -0.25) is 9.80 Å². The van der Waals surface area contributed by atoms with Crippen LogP contribution in [0.25, 0.3) is 20.5 Å². The number of nitrogens with zero attached hydrogens (tertiary/aromatic N) is 2. The second kappa shape index (κ2) is 16.8. The predicted molar refractivity (Wildman–Crippen MR) is 205 cm³/mol. The zero-order valence-electron chi connectivity index (χ0n) is 29.6. The lowest BCUT2D eigenvalue weighted by Gasteiger charge is -2.26. The molecule has 2 aliphatic rings. The van der Waals surface area contributed by atoms with Crippen molar-refractivity contribution in [3.8, 4) is 33.4 Å². The largest absolute Gasteiger partial charge is 0.493 e. The van der Waals surface area contributed by atoms with Gasteiger partial charge in [-0.2, -0.15) is 0 Å². The molecule has 7 heteroatoms. The van der Waals surface area contributed by atoms with Crippen molar-refractivity contribution in [1.82, 2.24) is 9.80 Å². The molecule has 1 unspecified atom stereocenters. The molecule has 1 aromatic heterocycles. The molecule has 7 rings (SSSR count). The van der Waals surface area contributed by atoms with E-state index < -0.39 is 0 Å². The second-order valence-electron chi connectivity index (χ2n) is 13.5. The van der Waals surface area contributed by atoms with Crippen LogP contribution in [0.5, 0.6) is 23.0 Å². The molecule has 0 spiro atoms. The van der Waals surface area contributed by atoms with Crippen LogP contribution in [0.4, 0.5) is 0 Å². The third-order valence-corrected chi connectivity index (χ3v) is 11.4. The molecule has 5 aromatic rings. The zero-order valence-corrected chi connectivity index (χ0v) is 30.4. The number of benzene rings is 4. The molecule has 0 bridgehead atoms. The molecule has 0 aliphatic carbocycles. The van der Waals surface area contributed by atoms with Gasteiger partial charge >= 0.3 is 0 Å². The fraction of sp³-hybridized carbons (Fsp3) is 0.395. The lowest BCUT2D eigenvalue weighted by molar-refractivity contribution is 0.153. The summed E-state index contributed by atoms with van der Waals surface area (Å²) in [6.07, 6.45) is 7.03. The van der Waals surface area contributed by atoms with Crippen LogP contribution in [0.1, 0.15) is 55.7 Å². The minimum Gasteiger partial charge on any atom is -0.493 e. The van der Waals surface area contributed by atoms with E-state index >= 15 is 0 Å². The summed E-state index contributed by atoms with van der Waals surface area (Å²) in [7, 11) is 1.74. The number of methoxy groups -OCH3 is 1. The monoisotopic (exact) mass is 690 g/mol. The molecule has 0 amide bonds. The average molecular weight is 691 g/mol. The highest BCUT2D eigenvalue weighted by Crippen LogP contribution is 2.42. The second-order valence-corrected chi connectivity index (χ2v) is 14.6. The number of thiophene rings is 1. The van der Waals surface area contributed by atoms with Crippen molar-refractivity contribution >= 4 is 21.4 Å². The molecule has 0 N–H and O–H groups in total. The van der Waals surface area contributed by atoms with E-state index in [0.717, 1.165) is 54.6 Å².